The van der Waals surface area contributed by atoms with Gasteiger partial charge in [-0.3, -0.25) is 9.69 Å². The highest BCUT2D eigenvalue weighted by Gasteiger charge is 2.36. The van der Waals surface area contributed by atoms with E-state index in [1.165, 1.54) is 25.8 Å². The van der Waals surface area contributed by atoms with Crippen LogP contribution in [0, 0.1) is 0 Å². The molecule has 0 aliphatic carbocycles. The highest BCUT2D eigenvalue weighted by Crippen LogP contribution is 2.27. The number of likely N-dealkylation sites (tertiary alicyclic amines) is 1. The van der Waals surface area contributed by atoms with Crippen LogP contribution < -0.4 is 4.90 Å². The van der Waals surface area contributed by atoms with Gasteiger partial charge in [0.1, 0.15) is 5.82 Å². The molecule has 1 aromatic rings. The van der Waals surface area contributed by atoms with Crippen molar-refractivity contribution in [1.29, 1.82) is 0 Å². The number of carbonyl (C=O) groups excluding carboxylic acids is 1. The SMILES string of the molecule is C[C@@H]1CCCCN1C1CN(c2cc(C(=O)N3CCN(C)CC3)ccn2)C1. The molecular formula is C20H31N5O. The van der Waals surface area contributed by atoms with Gasteiger partial charge in [0.15, 0.2) is 0 Å². The van der Waals surface area contributed by atoms with Crippen LogP contribution in [0.1, 0.15) is 36.5 Å². The van der Waals surface area contributed by atoms with Gasteiger partial charge in [-0.25, -0.2) is 4.98 Å². The number of anilines is 1. The second-order valence-corrected chi connectivity index (χ2v) is 8.14. The van der Waals surface area contributed by atoms with Crippen LogP contribution >= 0.6 is 0 Å². The second kappa shape index (κ2) is 7.53. The van der Waals surface area contributed by atoms with Crippen molar-refractivity contribution in [3.63, 3.8) is 0 Å². The van der Waals surface area contributed by atoms with Gasteiger partial charge in [0.05, 0.1) is 0 Å². The van der Waals surface area contributed by atoms with Crippen molar-refractivity contribution in [3.05, 3.63) is 23.9 Å². The molecule has 0 N–H and O–H groups in total. The molecule has 4 rings (SSSR count). The number of amides is 1. The summed E-state index contributed by atoms with van der Waals surface area (Å²) in [5, 5.41) is 0. The maximum Gasteiger partial charge on any atom is 0.254 e. The van der Waals surface area contributed by atoms with Crippen molar-refractivity contribution in [2.75, 3.05) is 57.8 Å². The number of nitrogens with zero attached hydrogens (tertiary/aromatic N) is 5. The van der Waals surface area contributed by atoms with Crippen LogP contribution in [0.3, 0.4) is 0 Å². The third-order valence-electron chi connectivity index (χ3n) is 6.29. The van der Waals surface area contributed by atoms with Crippen molar-refractivity contribution < 1.29 is 4.79 Å². The monoisotopic (exact) mass is 357 g/mol. The molecule has 0 aromatic carbocycles. The topological polar surface area (TPSA) is 42.9 Å². The quantitative estimate of drug-likeness (QED) is 0.821. The lowest BCUT2D eigenvalue weighted by molar-refractivity contribution is 0.0664. The summed E-state index contributed by atoms with van der Waals surface area (Å²) in [4.78, 5) is 26.5. The van der Waals surface area contributed by atoms with Crippen LogP contribution in [0.5, 0.6) is 0 Å². The van der Waals surface area contributed by atoms with Gasteiger partial charge in [-0.05, 0) is 45.5 Å². The van der Waals surface area contributed by atoms with E-state index in [0.29, 0.717) is 12.1 Å². The summed E-state index contributed by atoms with van der Waals surface area (Å²) in [6.07, 6.45) is 5.81. The lowest BCUT2D eigenvalue weighted by Gasteiger charge is -2.49. The average Bonchev–Trinajstić information content (AvgIpc) is 2.62. The van der Waals surface area contributed by atoms with Crippen LogP contribution in [0.15, 0.2) is 18.3 Å². The van der Waals surface area contributed by atoms with Crippen molar-refractivity contribution in [1.82, 2.24) is 19.7 Å². The van der Waals surface area contributed by atoms with E-state index in [2.05, 4.69) is 33.7 Å². The molecule has 3 saturated heterocycles. The summed E-state index contributed by atoms with van der Waals surface area (Å²) in [7, 11) is 2.11. The molecule has 26 heavy (non-hydrogen) atoms. The van der Waals surface area contributed by atoms with Crippen LogP contribution in [0.25, 0.3) is 0 Å². The number of hydrogen-bond acceptors (Lipinski definition) is 5. The van der Waals surface area contributed by atoms with E-state index in [9.17, 15) is 4.79 Å². The van der Waals surface area contributed by atoms with Crippen molar-refractivity contribution in [2.24, 2.45) is 0 Å². The molecule has 0 spiro atoms. The Morgan fingerprint density at radius 1 is 1.12 bits per heavy atom. The minimum absolute atomic E-state index is 0.142. The second-order valence-electron chi connectivity index (χ2n) is 8.14. The zero-order valence-electron chi connectivity index (χ0n) is 16.1. The highest BCUT2D eigenvalue weighted by molar-refractivity contribution is 5.95. The standard InChI is InChI=1S/C20H31N5O/c1-16-5-3-4-8-25(16)18-14-24(15-18)19-13-17(6-7-21-19)20(26)23-11-9-22(2)10-12-23/h6-7,13,16,18H,3-5,8-12,14-15H2,1-2H3/t16-/m1/s1. The van der Waals surface area contributed by atoms with Crippen molar-refractivity contribution in [2.45, 2.75) is 38.3 Å². The molecule has 3 aliphatic rings. The number of piperidine rings is 1. The fourth-order valence-electron chi connectivity index (χ4n) is 4.43. The summed E-state index contributed by atoms with van der Waals surface area (Å²) in [5.74, 6) is 1.09. The Bertz CT molecular complexity index is 637. The predicted octanol–water partition coefficient (Wildman–Crippen LogP) is 1.53. The first-order chi connectivity index (χ1) is 12.6. The minimum Gasteiger partial charge on any atom is -0.353 e. The first-order valence-electron chi connectivity index (χ1n) is 10.1. The third-order valence-corrected chi connectivity index (χ3v) is 6.29. The Morgan fingerprint density at radius 3 is 2.62 bits per heavy atom. The molecule has 3 aliphatic heterocycles. The van der Waals surface area contributed by atoms with Gasteiger partial charge in [-0.15, -0.1) is 0 Å². The number of carbonyl (C=O) groups is 1. The first kappa shape index (κ1) is 17.7. The Kier molecular flexibility index (Phi) is 5.14. The number of aromatic nitrogens is 1. The van der Waals surface area contributed by atoms with Crippen molar-refractivity contribution in [3.8, 4) is 0 Å². The molecule has 0 bridgehead atoms. The molecule has 1 atom stereocenters. The van der Waals surface area contributed by atoms with E-state index in [-0.39, 0.29) is 5.91 Å². The normalized spacial score (nSPS) is 26.0. The Labute approximate surface area is 156 Å². The smallest absolute Gasteiger partial charge is 0.254 e. The summed E-state index contributed by atoms with van der Waals surface area (Å²) in [5.41, 5.74) is 0.773. The average molecular weight is 358 g/mol. The van der Waals surface area contributed by atoms with Gasteiger partial charge in [0.25, 0.3) is 5.91 Å². The van der Waals surface area contributed by atoms with E-state index in [0.717, 1.165) is 50.6 Å². The molecule has 1 amide bonds. The van der Waals surface area contributed by atoms with Gasteiger partial charge >= 0.3 is 0 Å². The lowest BCUT2D eigenvalue weighted by atomic mass is 9.97. The maximum atomic E-state index is 12.8. The molecule has 6 nitrogen and oxygen atoms in total. The fraction of sp³-hybridized carbons (Fsp3) is 0.700. The number of rotatable bonds is 3. The summed E-state index contributed by atoms with van der Waals surface area (Å²) in [6, 6.07) is 5.18. The number of likely N-dealkylation sites (N-methyl/N-ethyl adjacent to an activating group) is 1. The molecule has 1 aromatic heterocycles. The van der Waals surface area contributed by atoms with Crippen LogP contribution in [0.2, 0.25) is 0 Å². The Hall–Kier alpha value is -1.66. The largest absolute Gasteiger partial charge is 0.353 e. The predicted molar refractivity (Wildman–Crippen MR) is 104 cm³/mol. The zero-order valence-corrected chi connectivity index (χ0v) is 16.1. The Morgan fingerprint density at radius 2 is 1.88 bits per heavy atom. The maximum absolute atomic E-state index is 12.8. The highest BCUT2D eigenvalue weighted by atomic mass is 16.2. The van der Waals surface area contributed by atoms with Crippen molar-refractivity contribution >= 4 is 11.7 Å². The van der Waals surface area contributed by atoms with Crippen LogP contribution in [-0.2, 0) is 0 Å². The van der Waals surface area contributed by atoms with Crippen LogP contribution in [0.4, 0.5) is 5.82 Å². The molecule has 0 saturated carbocycles. The minimum atomic E-state index is 0.142. The third kappa shape index (κ3) is 3.58. The zero-order chi connectivity index (χ0) is 18.1. The number of pyridine rings is 1. The number of hydrogen-bond donors (Lipinski definition) is 0. The van der Waals surface area contributed by atoms with E-state index in [1.54, 1.807) is 6.20 Å². The molecule has 3 fully saturated rings. The van der Waals surface area contributed by atoms with Gasteiger partial charge < -0.3 is 14.7 Å². The lowest BCUT2D eigenvalue weighted by Crippen LogP contribution is -2.62. The van der Waals surface area contributed by atoms with E-state index >= 15 is 0 Å². The van der Waals surface area contributed by atoms with Gasteiger partial charge in [0.2, 0.25) is 0 Å². The first-order valence-corrected chi connectivity index (χ1v) is 10.1. The summed E-state index contributed by atoms with van der Waals surface area (Å²) in [6.45, 7) is 9.17. The Balaban J connectivity index is 1.37. The molecular weight excluding hydrogens is 326 g/mol. The molecule has 6 heteroatoms. The van der Waals surface area contributed by atoms with Crippen LogP contribution in [-0.4, -0.2) is 90.5 Å². The van der Waals surface area contributed by atoms with E-state index < -0.39 is 0 Å². The van der Waals surface area contributed by atoms with E-state index in [1.807, 2.05) is 17.0 Å². The summed E-state index contributed by atoms with van der Waals surface area (Å²) < 4.78 is 0. The molecule has 4 heterocycles. The molecule has 0 unspecified atom stereocenters. The fourth-order valence-corrected chi connectivity index (χ4v) is 4.43. The van der Waals surface area contributed by atoms with Gasteiger partial charge in [-0.2, -0.15) is 0 Å². The number of piperazine rings is 1. The molecule has 142 valence electrons. The van der Waals surface area contributed by atoms with Gasteiger partial charge in [0, 0.05) is 63.1 Å². The van der Waals surface area contributed by atoms with Gasteiger partial charge in [-0.1, -0.05) is 6.42 Å². The molecule has 0 radical (unpaired) electrons. The van der Waals surface area contributed by atoms with E-state index in [4.69, 9.17) is 0 Å². The summed E-state index contributed by atoms with van der Waals surface area (Å²) >= 11 is 0.